The van der Waals surface area contributed by atoms with Crippen LogP contribution < -0.4 is 10.5 Å². The molecule has 2 unspecified atom stereocenters. The maximum Gasteiger partial charge on any atom is 0.260 e. The summed E-state index contributed by atoms with van der Waals surface area (Å²) in [4.78, 5) is 14.2. The Morgan fingerprint density at radius 2 is 2.30 bits per heavy atom. The second-order valence-corrected chi connectivity index (χ2v) is 5.61. The molecule has 110 valence electrons. The predicted molar refractivity (Wildman–Crippen MR) is 79.7 cm³/mol. The molecule has 4 nitrogen and oxygen atoms in total. The van der Waals surface area contributed by atoms with E-state index in [1.165, 1.54) is 0 Å². The molecule has 1 amide bonds. The maximum absolute atomic E-state index is 12.3. The first-order valence-electron chi connectivity index (χ1n) is 7.32. The molecule has 1 saturated heterocycles. The summed E-state index contributed by atoms with van der Waals surface area (Å²) < 4.78 is 5.60. The average Bonchev–Trinajstić information content (AvgIpc) is 2.45. The first-order chi connectivity index (χ1) is 9.58. The van der Waals surface area contributed by atoms with Crippen molar-refractivity contribution in [3.8, 4) is 5.75 Å². The monoisotopic (exact) mass is 276 g/mol. The molecule has 0 spiro atoms. The fraction of sp³-hybridized carbons (Fsp3) is 0.562. The summed E-state index contributed by atoms with van der Waals surface area (Å²) in [6.45, 7) is 4.86. The highest BCUT2D eigenvalue weighted by atomic mass is 16.5. The molecular weight excluding hydrogens is 252 g/mol. The summed E-state index contributed by atoms with van der Waals surface area (Å²) >= 11 is 0. The number of nitrogens with zero attached hydrogens (tertiary/aromatic N) is 1. The Morgan fingerprint density at radius 1 is 1.50 bits per heavy atom. The Bertz CT molecular complexity index is 460. The van der Waals surface area contributed by atoms with Crippen molar-refractivity contribution in [2.75, 3.05) is 13.2 Å². The molecule has 2 rings (SSSR count). The van der Waals surface area contributed by atoms with Gasteiger partial charge in [-0.1, -0.05) is 12.1 Å². The van der Waals surface area contributed by atoms with Crippen molar-refractivity contribution in [3.63, 3.8) is 0 Å². The molecule has 1 fully saturated rings. The van der Waals surface area contributed by atoms with Crippen LogP contribution in [0.25, 0.3) is 0 Å². The fourth-order valence-electron chi connectivity index (χ4n) is 2.75. The summed E-state index contributed by atoms with van der Waals surface area (Å²) in [6.07, 6.45) is 3.20. The normalized spacial score (nSPS) is 20.6. The van der Waals surface area contributed by atoms with Crippen molar-refractivity contribution in [1.82, 2.24) is 4.90 Å². The summed E-state index contributed by atoms with van der Waals surface area (Å²) in [5, 5.41) is 0. The van der Waals surface area contributed by atoms with Crippen LogP contribution >= 0.6 is 0 Å². The third-order valence-electron chi connectivity index (χ3n) is 3.83. The number of benzene rings is 1. The van der Waals surface area contributed by atoms with Crippen LogP contribution in [0.2, 0.25) is 0 Å². The summed E-state index contributed by atoms with van der Waals surface area (Å²) in [7, 11) is 0. The molecule has 0 radical (unpaired) electrons. The second-order valence-electron chi connectivity index (χ2n) is 5.61. The van der Waals surface area contributed by atoms with Crippen LogP contribution in [0.15, 0.2) is 24.3 Å². The van der Waals surface area contributed by atoms with Crippen molar-refractivity contribution >= 4 is 5.91 Å². The molecule has 1 aliphatic heterocycles. The Balaban J connectivity index is 1.93. The minimum atomic E-state index is 0.0122. The molecule has 20 heavy (non-hydrogen) atoms. The lowest BCUT2D eigenvalue weighted by atomic mass is 9.97. The van der Waals surface area contributed by atoms with E-state index in [1.807, 2.05) is 43.0 Å². The third-order valence-corrected chi connectivity index (χ3v) is 3.83. The molecule has 1 aliphatic rings. The largest absolute Gasteiger partial charge is 0.484 e. The minimum Gasteiger partial charge on any atom is -0.484 e. The first kappa shape index (κ1) is 14.9. The number of likely N-dealkylation sites (tertiary alicyclic amines) is 1. The Labute approximate surface area is 120 Å². The zero-order valence-electron chi connectivity index (χ0n) is 12.3. The molecule has 0 aromatic heterocycles. The Hall–Kier alpha value is -1.55. The lowest BCUT2D eigenvalue weighted by Gasteiger charge is -2.38. The van der Waals surface area contributed by atoms with Gasteiger partial charge in [0.15, 0.2) is 6.61 Å². The number of nitrogens with two attached hydrogens (primary N) is 1. The van der Waals surface area contributed by atoms with Crippen LogP contribution in [0.3, 0.4) is 0 Å². The van der Waals surface area contributed by atoms with Gasteiger partial charge >= 0.3 is 0 Å². The van der Waals surface area contributed by atoms with Gasteiger partial charge in [-0.2, -0.15) is 0 Å². The smallest absolute Gasteiger partial charge is 0.260 e. The van der Waals surface area contributed by atoms with E-state index in [0.29, 0.717) is 0 Å². The average molecular weight is 276 g/mol. The fourth-order valence-corrected chi connectivity index (χ4v) is 2.75. The van der Waals surface area contributed by atoms with Crippen LogP contribution in [0.5, 0.6) is 5.75 Å². The van der Waals surface area contributed by atoms with Crippen molar-refractivity contribution < 1.29 is 9.53 Å². The molecule has 2 atom stereocenters. The lowest BCUT2D eigenvalue weighted by molar-refractivity contribution is -0.137. The Kier molecular flexibility index (Phi) is 5.01. The molecule has 0 saturated carbocycles. The number of rotatable bonds is 4. The number of amides is 1. The van der Waals surface area contributed by atoms with Crippen LogP contribution in [-0.4, -0.2) is 36.0 Å². The van der Waals surface area contributed by atoms with Crippen molar-refractivity contribution in [1.29, 1.82) is 0 Å². The first-order valence-corrected chi connectivity index (χ1v) is 7.32. The predicted octanol–water partition coefficient (Wildman–Crippen LogP) is 2.10. The lowest BCUT2D eigenvalue weighted by Crippen LogP contribution is -2.52. The van der Waals surface area contributed by atoms with Gasteiger partial charge in [-0.25, -0.2) is 0 Å². The van der Waals surface area contributed by atoms with Gasteiger partial charge in [0.25, 0.3) is 5.91 Å². The SMILES string of the molecule is Cc1cccc(OCC(=O)N2CCCCC2C(C)N)c1. The second kappa shape index (κ2) is 6.75. The van der Waals surface area contributed by atoms with E-state index >= 15 is 0 Å². The Morgan fingerprint density at radius 3 is 3.00 bits per heavy atom. The van der Waals surface area contributed by atoms with Gasteiger partial charge in [0.2, 0.25) is 0 Å². The van der Waals surface area contributed by atoms with Crippen molar-refractivity contribution in [3.05, 3.63) is 29.8 Å². The van der Waals surface area contributed by atoms with E-state index in [-0.39, 0.29) is 24.6 Å². The van der Waals surface area contributed by atoms with Gasteiger partial charge < -0.3 is 15.4 Å². The van der Waals surface area contributed by atoms with E-state index in [9.17, 15) is 4.79 Å². The number of ether oxygens (including phenoxy) is 1. The van der Waals surface area contributed by atoms with Gasteiger partial charge in [-0.3, -0.25) is 4.79 Å². The molecule has 0 aliphatic carbocycles. The van der Waals surface area contributed by atoms with Crippen molar-refractivity contribution in [2.24, 2.45) is 5.73 Å². The summed E-state index contributed by atoms with van der Waals surface area (Å²) in [6, 6.07) is 7.91. The molecule has 1 heterocycles. The highest BCUT2D eigenvalue weighted by Gasteiger charge is 2.29. The van der Waals surface area contributed by atoms with Crippen LogP contribution in [0.4, 0.5) is 0 Å². The highest BCUT2D eigenvalue weighted by Crippen LogP contribution is 2.20. The zero-order chi connectivity index (χ0) is 14.5. The number of carbonyl (C=O) groups is 1. The molecule has 1 aromatic carbocycles. The third kappa shape index (κ3) is 3.73. The number of carbonyl (C=O) groups excluding carboxylic acids is 1. The number of piperidine rings is 1. The van der Waals surface area contributed by atoms with Gasteiger partial charge in [-0.15, -0.1) is 0 Å². The summed E-state index contributed by atoms with van der Waals surface area (Å²) in [5.74, 6) is 0.779. The minimum absolute atomic E-state index is 0.0122. The quantitative estimate of drug-likeness (QED) is 0.916. The number of aryl methyl sites for hydroxylation is 1. The topological polar surface area (TPSA) is 55.6 Å². The van der Waals surface area contributed by atoms with Gasteiger partial charge in [0.05, 0.1) is 0 Å². The molecule has 0 bridgehead atoms. The molecule has 4 heteroatoms. The van der Waals surface area contributed by atoms with E-state index in [1.54, 1.807) is 0 Å². The number of hydrogen-bond acceptors (Lipinski definition) is 3. The molecule has 2 N–H and O–H groups in total. The summed E-state index contributed by atoms with van der Waals surface area (Å²) in [5.41, 5.74) is 7.11. The van der Waals surface area contributed by atoms with Gasteiger partial charge in [0, 0.05) is 18.6 Å². The van der Waals surface area contributed by atoms with Crippen LogP contribution in [0.1, 0.15) is 31.7 Å². The zero-order valence-corrected chi connectivity index (χ0v) is 12.3. The van der Waals surface area contributed by atoms with Crippen LogP contribution in [-0.2, 0) is 4.79 Å². The molecular formula is C16H24N2O2. The standard InChI is InChI=1S/C16H24N2O2/c1-12-6-5-7-14(10-12)20-11-16(19)18-9-4-3-8-15(18)13(2)17/h5-7,10,13,15H,3-4,8-9,11,17H2,1-2H3. The van der Waals surface area contributed by atoms with E-state index in [2.05, 4.69) is 0 Å². The van der Waals surface area contributed by atoms with Crippen molar-refractivity contribution in [2.45, 2.75) is 45.2 Å². The van der Waals surface area contributed by atoms with E-state index in [0.717, 1.165) is 37.1 Å². The molecule has 1 aromatic rings. The highest BCUT2D eigenvalue weighted by molar-refractivity contribution is 5.78. The van der Waals surface area contributed by atoms with Gasteiger partial charge in [-0.05, 0) is 50.8 Å². The maximum atomic E-state index is 12.3. The number of hydrogen-bond donors (Lipinski definition) is 1. The van der Waals surface area contributed by atoms with E-state index in [4.69, 9.17) is 10.5 Å². The van der Waals surface area contributed by atoms with Crippen LogP contribution in [0, 0.1) is 6.92 Å². The van der Waals surface area contributed by atoms with E-state index < -0.39 is 0 Å². The van der Waals surface area contributed by atoms with Gasteiger partial charge in [0.1, 0.15) is 5.75 Å².